The summed E-state index contributed by atoms with van der Waals surface area (Å²) in [4.78, 5) is 2.43. The van der Waals surface area contributed by atoms with Gasteiger partial charge in [-0.3, -0.25) is 0 Å². The van der Waals surface area contributed by atoms with Crippen LogP contribution in [0.4, 0.5) is 0 Å². The zero-order valence-corrected chi connectivity index (χ0v) is 11.3. The van der Waals surface area contributed by atoms with Crippen LogP contribution in [0.3, 0.4) is 0 Å². The molecule has 2 nitrogen and oxygen atoms in total. The molecule has 92 valence electrons. The van der Waals surface area contributed by atoms with E-state index in [1.54, 1.807) is 0 Å². The lowest BCUT2D eigenvalue weighted by molar-refractivity contribution is -0.000995. The topological polar surface area (TPSA) is 12.5 Å². The van der Waals surface area contributed by atoms with E-state index in [2.05, 4.69) is 11.9 Å². The van der Waals surface area contributed by atoms with Crippen molar-refractivity contribution < 1.29 is 4.74 Å². The summed E-state index contributed by atoms with van der Waals surface area (Å²) in [6.07, 6.45) is 4.01. The highest BCUT2D eigenvalue weighted by molar-refractivity contribution is 4.90. The second-order valence-corrected chi connectivity index (χ2v) is 4.14. The standard InChI is InChI=1S/C9H17NO.2C2H6/c1-10-5-4-9(7-10)3-2-6-11-8-9;2*1-2/h2-8H2,1H3;2*1-2H3. The molecule has 0 aromatic carbocycles. The Morgan fingerprint density at radius 2 is 1.73 bits per heavy atom. The number of hydrogen-bond donors (Lipinski definition) is 0. The second-order valence-electron chi connectivity index (χ2n) is 4.14. The van der Waals surface area contributed by atoms with E-state index in [1.165, 1.54) is 32.4 Å². The molecule has 0 N–H and O–H groups in total. The summed E-state index contributed by atoms with van der Waals surface area (Å²) in [7, 11) is 2.21. The van der Waals surface area contributed by atoms with Crippen LogP contribution in [0.2, 0.25) is 0 Å². The first kappa shape index (κ1) is 14.9. The lowest BCUT2D eigenvalue weighted by atomic mass is 9.82. The van der Waals surface area contributed by atoms with Crippen LogP contribution in [0.1, 0.15) is 47.0 Å². The molecule has 2 heterocycles. The van der Waals surface area contributed by atoms with E-state index in [0.29, 0.717) is 5.41 Å². The summed E-state index contributed by atoms with van der Waals surface area (Å²) in [5, 5.41) is 0. The molecule has 0 amide bonds. The van der Waals surface area contributed by atoms with Crippen molar-refractivity contribution in [2.45, 2.75) is 47.0 Å². The minimum Gasteiger partial charge on any atom is -0.381 e. The van der Waals surface area contributed by atoms with Gasteiger partial charge in [0.15, 0.2) is 0 Å². The van der Waals surface area contributed by atoms with Crippen molar-refractivity contribution >= 4 is 0 Å². The SMILES string of the molecule is CC.CC.CN1CCC2(CCCOC2)C1. The van der Waals surface area contributed by atoms with E-state index < -0.39 is 0 Å². The lowest BCUT2D eigenvalue weighted by Crippen LogP contribution is -2.34. The van der Waals surface area contributed by atoms with E-state index in [4.69, 9.17) is 4.74 Å². The highest BCUT2D eigenvalue weighted by Gasteiger charge is 2.38. The Balaban J connectivity index is 0.000000442. The van der Waals surface area contributed by atoms with Crippen molar-refractivity contribution in [2.75, 3.05) is 33.4 Å². The number of nitrogens with zero attached hydrogens (tertiary/aromatic N) is 1. The van der Waals surface area contributed by atoms with Crippen molar-refractivity contribution in [2.24, 2.45) is 5.41 Å². The minimum atomic E-state index is 0.549. The fourth-order valence-corrected chi connectivity index (χ4v) is 2.39. The molecular weight excluding hydrogens is 186 g/mol. The third-order valence-electron chi connectivity index (χ3n) is 3.03. The Labute approximate surface area is 96.0 Å². The molecule has 2 fully saturated rings. The number of hydrogen-bond acceptors (Lipinski definition) is 2. The highest BCUT2D eigenvalue weighted by Crippen LogP contribution is 2.37. The van der Waals surface area contributed by atoms with Gasteiger partial charge in [-0.25, -0.2) is 0 Å². The van der Waals surface area contributed by atoms with Gasteiger partial charge < -0.3 is 9.64 Å². The smallest absolute Gasteiger partial charge is 0.0535 e. The van der Waals surface area contributed by atoms with E-state index in [1.807, 2.05) is 27.7 Å². The normalized spacial score (nSPS) is 30.2. The molecule has 0 bridgehead atoms. The van der Waals surface area contributed by atoms with Crippen molar-refractivity contribution in [3.8, 4) is 0 Å². The van der Waals surface area contributed by atoms with Gasteiger partial charge in [0, 0.05) is 18.6 Å². The first-order valence-electron chi connectivity index (χ1n) is 6.57. The zero-order valence-electron chi connectivity index (χ0n) is 11.3. The predicted octanol–water partition coefficient (Wildman–Crippen LogP) is 3.17. The van der Waals surface area contributed by atoms with Crippen LogP contribution in [0.15, 0.2) is 0 Å². The van der Waals surface area contributed by atoms with Crippen LogP contribution in [0.25, 0.3) is 0 Å². The minimum absolute atomic E-state index is 0.549. The molecule has 2 aliphatic rings. The van der Waals surface area contributed by atoms with Gasteiger partial charge in [0.2, 0.25) is 0 Å². The van der Waals surface area contributed by atoms with Gasteiger partial charge in [-0.15, -0.1) is 0 Å². The molecule has 0 saturated carbocycles. The molecular formula is C13H29NO. The molecule has 2 rings (SSSR count). The molecule has 0 aromatic heterocycles. The van der Waals surface area contributed by atoms with Crippen LogP contribution in [0, 0.1) is 5.41 Å². The number of likely N-dealkylation sites (tertiary alicyclic amines) is 1. The van der Waals surface area contributed by atoms with E-state index in [0.717, 1.165) is 13.2 Å². The van der Waals surface area contributed by atoms with Gasteiger partial charge >= 0.3 is 0 Å². The molecule has 1 atom stereocenters. The van der Waals surface area contributed by atoms with Crippen molar-refractivity contribution in [1.82, 2.24) is 4.90 Å². The molecule has 2 aliphatic heterocycles. The van der Waals surface area contributed by atoms with Crippen molar-refractivity contribution in [3.63, 3.8) is 0 Å². The first-order valence-corrected chi connectivity index (χ1v) is 6.57. The van der Waals surface area contributed by atoms with Gasteiger partial charge in [0.25, 0.3) is 0 Å². The van der Waals surface area contributed by atoms with Crippen molar-refractivity contribution in [1.29, 1.82) is 0 Å². The van der Waals surface area contributed by atoms with E-state index in [-0.39, 0.29) is 0 Å². The summed E-state index contributed by atoms with van der Waals surface area (Å²) in [6.45, 7) is 12.5. The molecule has 0 aromatic rings. The van der Waals surface area contributed by atoms with Gasteiger partial charge in [0.1, 0.15) is 0 Å². The predicted molar refractivity (Wildman–Crippen MR) is 67.3 cm³/mol. The van der Waals surface area contributed by atoms with Crippen LogP contribution < -0.4 is 0 Å². The fourth-order valence-electron chi connectivity index (χ4n) is 2.39. The Hall–Kier alpha value is -0.0800. The number of ether oxygens (including phenoxy) is 1. The quantitative estimate of drug-likeness (QED) is 0.615. The Bertz CT molecular complexity index is 136. The maximum atomic E-state index is 5.53. The van der Waals surface area contributed by atoms with Gasteiger partial charge in [-0.05, 0) is 32.9 Å². The molecule has 2 saturated heterocycles. The summed E-state index contributed by atoms with van der Waals surface area (Å²) in [5.74, 6) is 0. The van der Waals surface area contributed by atoms with Crippen LogP contribution in [0.5, 0.6) is 0 Å². The lowest BCUT2D eigenvalue weighted by Gasteiger charge is -2.32. The summed E-state index contributed by atoms with van der Waals surface area (Å²) in [6, 6.07) is 0. The van der Waals surface area contributed by atoms with Gasteiger partial charge in [-0.2, -0.15) is 0 Å². The Kier molecular flexibility index (Phi) is 8.07. The van der Waals surface area contributed by atoms with Gasteiger partial charge in [0.05, 0.1) is 6.61 Å². The number of rotatable bonds is 0. The monoisotopic (exact) mass is 215 g/mol. The Morgan fingerprint density at radius 3 is 2.13 bits per heavy atom. The van der Waals surface area contributed by atoms with Gasteiger partial charge in [-0.1, -0.05) is 27.7 Å². The highest BCUT2D eigenvalue weighted by atomic mass is 16.5. The van der Waals surface area contributed by atoms with E-state index in [9.17, 15) is 0 Å². The average Bonchev–Trinajstić information content (AvgIpc) is 2.66. The van der Waals surface area contributed by atoms with E-state index >= 15 is 0 Å². The summed E-state index contributed by atoms with van der Waals surface area (Å²) >= 11 is 0. The molecule has 15 heavy (non-hydrogen) atoms. The third-order valence-corrected chi connectivity index (χ3v) is 3.03. The molecule has 0 radical (unpaired) electrons. The maximum Gasteiger partial charge on any atom is 0.0535 e. The molecule has 1 spiro atoms. The zero-order chi connectivity index (χ0) is 11.7. The Morgan fingerprint density at radius 1 is 1.07 bits per heavy atom. The molecule has 1 unspecified atom stereocenters. The molecule has 2 heteroatoms. The fraction of sp³-hybridized carbons (Fsp3) is 1.00. The van der Waals surface area contributed by atoms with Crippen LogP contribution >= 0.6 is 0 Å². The summed E-state index contributed by atoms with van der Waals surface area (Å²) < 4.78 is 5.53. The largest absolute Gasteiger partial charge is 0.381 e. The average molecular weight is 215 g/mol. The van der Waals surface area contributed by atoms with Crippen LogP contribution in [-0.4, -0.2) is 38.3 Å². The first-order chi connectivity index (χ1) is 7.31. The maximum absolute atomic E-state index is 5.53. The molecule has 0 aliphatic carbocycles. The third kappa shape index (κ3) is 4.52. The summed E-state index contributed by atoms with van der Waals surface area (Å²) in [5.41, 5.74) is 0.549. The van der Waals surface area contributed by atoms with Crippen molar-refractivity contribution in [3.05, 3.63) is 0 Å². The van der Waals surface area contributed by atoms with Crippen LogP contribution in [-0.2, 0) is 4.74 Å². The second kappa shape index (κ2) is 8.12.